The third kappa shape index (κ3) is 4.07. The van der Waals surface area contributed by atoms with E-state index in [0.29, 0.717) is 24.2 Å². The van der Waals surface area contributed by atoms with E-state index in [1.54, 1.807) is 6.08 Å². The molecule has 33 heavy (non-hydrogen) atoms. The van der Waals surface area contributed by atoms with Crippen molar-refractivity contribution in [3.8, 4) is 0 Å². The summed E-state index contributed by atoms with van der Waals surface area (Å²) in [5.74, 6) is -0.588. The fourth-order valence-electron chi connectivity index (χ4n) is 6.67. The number of aliphatic hydroxyl groups is 1. The van der Waals surface area contributed by atoms with Gasteiger partial charge in [-0.15, -0.1) is 0 Å². The first-order valence-electron chi connectivity index (χ1n) is 11.9. The molecule has 0 amide bonds. The lowest BCUT2D eigenvalue weighted by molar-refractivity contribution is -0.139. The number of carboxylic acid groups (broad SMARTS) is 1. The average molecular weight is 475 g/mol. The van der Waals surface area contributed by atoms with E-state index in [9.17, 15) is 19.8 Å². The molecule has 0 radical (unpaired) electrons. The molecule has 1 unspecified atom stereocenters. The van der Waals surface area contributed by atoms with Crippen LogP contribution in [-0.2, 0) is 14.0 Å². The number of carbonyl (C=O) groups is 2. The Morgan fingerprint density at radius 1 is 1.30 bits per heavy atom. The normalized spacial score (nSPS) is 37.9. The number of carboxylic acids is 1. The first-order chi connectivity index (χ1) is 15.3. The third-order valence-corrected chi connectivity index (χ3v) is 8.94. The number of carbonyl (C=O) groups excluding carboxylic acids is 1. The van der Waals surface area contributed by atoms with Crippen LogP contribution in [0.5, 0.6) is 0 Å². The zero-order chi connectivity index (χ0) is 24.3. The zero-order valence-corrected chi connectivity index (χ0v) is 21.2. The van der Waals surface area contributed by atoms with Gasteiger partial charge in [0, 0.05) is 5.41 Å². The first-order valence-corrected chi connectivity index (χ1v) is 15.3. The van der Waals surface area contributed by atoms with E-state index in [2.05, 4.69) is 13.0 Å². The van der Waals surface area contributed by atoms with Crippen molar-refractivity contribution in [3.05, 3.63) is 46.8 Å². The van der Waals surface area contributed by atoms with Crippen molar-refractivity contribution in [2.45, 2.75) is 77.9 Å². The van der Waals surface area contributed by atoms with Crippen molar-refractivity contribution in [1.29, 1.82) is 0 Å². The Labute approximate surface area is 196 Å². The smallest absolute Gasteiger partial charge is 0.306 e. The Morgan fingerprint density at radius 2 is 2.00 bits per heavy atom. The van der Waals surface area contributed by atoms with Crippen LogP contribution in [-0.4, -0.2) is 42.6 Å². The zero-order valence-electron chi connectivity index (χ0n) is 20.2. The van der Waals surface area contributed by atoms with E-state index >= 15 is 4.39 Å². The highest BCUT2D eigenvalue weighted by Gasteiger charge is 2.57. The molecule has 180 valence electrons. The molecule has 0 bridgehead atoms. The molecule has 2 N–H and O–H groups in total. The minimum atomic E-state index is -2.11. The van der Waals surface area contributed by atoms with Gasteiger partial charge < -0.3 is 14.6 Å². The Hall–Kier alpha value is -1.99. The highest BCUT2D eigenvalue weighted by Crippen LogP contribution is 2.64. The van der Waals surface area contributed by atoms with Gasteiger partial charge in [0.05, 0.1) is 6.42 Å². The maximum absolute atomic E-state index is 15.4. The van der Waals surface area contributed by atoms with Gasteiger partial charge in [0.2, 0.25) is 8.32 Å². The van der Waals surface area contributed by atoms with Gasteiger partial charge in [-0.2, -0.15) is 0 Å². The van der Waals surface area contributed by atoms with Crippen molar-refractivity contribution >= 4 is 20.1 Å². The number of aliphatic carboxylic acids is 1. The van der Waals surface area contributed by atoms with Crippen LogP contribution in [0.1, 0.15) is 46.0 Å². The maximum Gasteiger partial charge on any atom is 0.306 e. The summed E-state index contributed by atoms with van der Waals surface area (Å²) in [7, 11) is -2.11. The number of alkyl halides is 1. The van der Waals surface area contributed by atoms with Crippen LogP contribution >= 0.6 is 0 Å². The molecule has 2 fully saturated rings. The summed E-state index contributed by atoms with van der Waals surface area (Å²) in [5, 5.41) is 20.1. The van der Waals surface area contributed by atoms with Gasteiger partial charge in [0.1, 0.15) is 18.0 Å². The van der Waals surface area contributed by atoms with Crippen LogP contribution in [0.2, 0.25) is 19.6 Å². The second kappa shape index (κ2) is 8.05. The van der Waals surface area contributed by atoms with E-state index in [1.165, 1.54) is 11.6 Å². The molecule has 0 aromatic heterocycles. The molecule has 5 nitrogen and oxygen atoms in total. The summed E-state index contributed by atoms with van der Waals surface area (Å²) in [6.07, 6.45) is 6.96. The minimum Gasteiger partial charge on any atom is -0.545 e. The van der Waals surface area contributed by atoms with Gasteiger partial charge in [-0.1, -0.05) is 24.6 Å². The summed E-state index contributed by atoms with van der Waals surface area (Å²) < 4.78 is 21.7. The number of aliphatic hydroxyl groups excluding tert-OH is 1. The molecule has 2 saturated carbocycles. The largest absolute Gasteiger partial charge is 0.545 e. The van der Waals surface area contributed by atoms with E-state index in [0.717, 1.165) is 18.4 Å². The summed E-state index contributed by atoms with van der Waals surface area (Å²) in [6.45, 7) is 10.2. The Kier molecular flexibility index (Phi) is 5.89. The first kappa shape index (κ1) is 24.1. The molecule has 6 atom stereocenters. The SMILES string of the molecule is C[C@]12C=CC(=O)C=C1[C@@H](F)C[C@@H]1C2=CC[C@]2(C)C(=C(O[Si](C)(C)C)C(O)CC(=O)O)CC[C@@H]12. The molecule has 0 aliphatic heterocycles. The van der Waals surface area contributed by atoms with E-state index < -0.39 is 38.4 Å². The van der Waals surface area contributed by atoms with Gasteiger partial charge in [-0.25, -0.2) is 4.39 Å². The minimum absolute atomic E-state index is 0.0287. The van der Waals surface area contributed by atoms with Crippen molar-refractivity contribution in [3.63, 3.8) is 0 Å². The van der Waals surface area contributed by atoms with Crippen LogP contribution in [0, 0.1) is 22.7 Å². The average Bonchev–Trinajstić information content (AvgIpc) is 3.03. The van der Waals surface area contributed by atoms with Crippen molar-refractivity contribution < 1.29 is 28.6 Å². The van der Waals surface area contributed by atoms with Crippen molar-refractivity contribution in [1.82, 2.24) is 0 Å². The highest BCUT2D eigenvalue weighted by molar-refractivity contribution is 6.70. The monoisotopic (exact) mass is 474 g/mol. The topological polar surface area (TPSA) is 83.8 Å². The predicted octanol–water partition coefficient (Wildman–Crippen LogP) is 5.10. The van der Waals surface area contributed by atoms with E-state index in [1.807, 2.05) is 32.6 Å². The quantitative estimate of drug-likeness (QED) is 0.329. The number of hydrogen-bond acceptors (Lipinski definition) is 4. The Bertz CT molecular complexity index is 1000. The molecule has 0 saturated heterocycles. The molecule has 7 heteroatoms. The standard InChI is InChI=1S/C26H35FO5Si/c1-25-11-9-18-16(13-21(27)20-12-15(28)8-10-26(18,20)2)17(25)6-7-19(25)24(32-33(3,4)5)22(29)14-23(30)31/h8-10,12,16-17,21-22,29H,6-7,11,13-14H2,1-5H3,(H,30,31)/t16-,17-,21-,22?,25-,26+/m0/s1. The summed E-state index contributed by atoms with van der Waals surface area (Å²) >= 11 is 0. The number of allylic oxidation sites excluding steroid dienone is 7. The number of hydrogen-bond donors (Lipinski definition) is 2. The lowest BCUT2D eigenvalue weighted by atomic mass is 9.52. The molecule has 0 aromatic carbocycles. The van der Waals surface area contributed by atoms with Crippen molar-refractivity contribution in [2.75, 3.05) is 0 Å². The predicted molar refractivity (Wildman–Crippen MR) is 127 cm³/mol. The van der Waals surface area contributed by atoms with Gasteiger partial charge >= 0.3 is 5.97 Å². The number of fused-ring (bicyclic) bond motifs is 5. The summed E-state index contributed by atoms with van der Waals surface area (Å²) in [4.78, 5) is 23.3. The van der Waals surface area contributed by atoms with Crippen LogP contribution in [0.25, 0.3) is 0 Å². The second-order valence-corrected chi connectivity index (χ2v) is 15.9. The molecular formula is C26H35FO5Si. The number of halogens is 1. The van der Waals surface area contributed by atoms with E-state index in [4.69, 9.17) is 4.43 Å². The lowest BCUT2D eigenvalue weighted by Gasteiger charge is -2.52. The van der Waals surface area contributed by atoms with Gasteiger partial charge in [0.25, 0.3) is 0 Å². The van der Waals surface area contributed by atoms with Crippen LogP contribution < -0.4 is 0 Å². The number of ketones is 1. The van der Waals surface area contributed by atoms with Crippen LogP contribution in [0.15, 0.2) is 46.8 Å². The van der Waals surface area contributed by atoms with Crippen molar-refractivity contribution in [2.24, 2.45) is 22.7 Å². The van der Waals surface area contributed by atoms with Gasteiger partial charge in [0.15, 0.2) is 5.78 Å². The maximum atomic E-state index is 15.4. The van der Waals surface area contributed by atoms with E-state index in [-0.39, 0.29) is 23.0 Å². The Morgan fingerprint density at radius 3 is 2.64 bits per heavy atom. The molecule has 0 aromatic rings. The Balaban J connectivity index is 1.78. The summed E-state index contributed by atoms with van der Waals surface area (Å²) in [5.41, 5.74) is 1.84. The summed E-state index contributed by atoms with van der Waals surface area (Å²) in [6, 6.07) is 0. The fourth-order valence-corrected chi connectivity index (χ4v) is 7.59. The second-order valence-electron chi connectivity index (χ2n) is 11.4. The lowest BCUT2D eigenvalue weighted by Crippen LogP contribution is -2.46. The number of rotatable bonds is 5. The van der Waals surface area contributed by atoms with Crippen LogP contribution in [0.4, 0.5) is 4.39 Å². The molecule has 4 aliphatic carbocycles. The molecule has 4 aliphatic rings. The third-order valence-electron chi connectivity index (χ3n) is 8.10. The van der Waals surface area contributed by atoms with Gasteiger partial charge in [-0.3, -0.25) is 9.59 Å². The molecule has 0 spiro atoms. The molecule has 4 rings (SSSR count). The fraction of sp³-hybridized carbons (Fsp3) is 0.615. The molecular weight excluding hydrogens is 439 g/mol. The van der Waals surface area contributed by atoms with Gasteiger partial charge in [-0.05, 0) is 92.8 Å². The molecule has 0 heterocycles. The highest BCUT2D eigenvalue weighted by atomic mass is 28.4. The van der Waals surface area contributed by atoms with Crippen LogP contribution in [0.3, 0.4) is 0 Å².